The molecule has 2 heterocycles. The van der Waals surface area contributed by atoms with Gasteiger partial charge in [-0.1, -0.05) is 66.2 Å². The highest BCUT2D eigenvalue weighted by molar-refractivity contribution is 5.98. The van der Waals surface area contributed by atoms with Gasteiger partial charge in [0.25, 0.3) is 0 Å². The van der Waals surface area contributed by atoms with Gasteiger partial charge in [0.1, 0.15) is 36.3 Å². The number of nitrogens with one attached hydrogen (secondary N) is 7. The Morgan fingerprint density at radius 3 is 1.75 bits per heavy atom. The van der Waals surface area contributed by atoms with Crippen molar-refractivity contribution in [2.24, 2.45) is 23.5 Å². The third-order valence-corrected chi connectivity index (χ3v) is 9.85. The van der Waals surface area contributed by atoms with E-state index in [1.165, 1.54) is 0 Å². The van der Waals surface area contributed by atoms with E-state index in [1.54, 1.807) is 33.9 Å². The molecule has 7 atom stereocenters. The standard InChI is InChI=1S/C41H66N8O7/c1-10-25(6)34-40(55)48-33(22-56-41(7,8)9)39(54)44-29(16-13-17-42)35(50)47-32(20-26-21-43-28-15-12-11-14-27(26)28)37(52)45-30(18-23(2)3)36(51)46-31(19-24(4)5)38(53)49-34/h11-12,14-15,21,23-25,29-34,43H,10,13,16-20,22,42H2,1-9H3,(H,44,54)(H,45,52)(H,46,51)(H,47,50)(H,48,55)(H,49,53)/t25-,29-,30+,31-,32+,33+,34+/m1/s1. The summed E-state index contributed by atoms with van der Waals surface area (Å²) in [5.74, 6) is -4.11. The van der Waals surface area contributed by atoms with Crippen LogP contribution in [0.3, 0.4) is 0 Å². The van der Waals surface area contributed by atoms with Crippen molar-refractivity contribution in [2.45, 2.75) is 143 Å². The summed E-state index contributed by atoms with van der Waals surface area (Å²) in [4.78, 5) is 87.9. The second-order valence-corrected chi connectivity index (χ2v) is 16.9. The average molecular weight is 783 g/mol. The number of aromatic nitrogens is 1. The second kappa shape index (κ2) is 21.1. The van der Waals surface area contributed by atoms with Crippen molar-refractivity contribution in [2.75, 3.05) is 13.2 Å². The van der Waals surface area contributed by atoms with Crippen LogP contribution in [0, 0.1) is 17.8 Å². The zero-order valence-corrected chi connectivity index (χ0v) is 34.7. The molecule has 312 valence electrons. The van der Waals surface area contributed by atoms with Crippen LogP contribution < -0.4 is 37.6 Å². The summed E-state index contributed by atoms with van der Waals surface area (Å²) in [6, 6.07) is 0.805. The van der Waals surface area contributed by atoms with E-state index in [9.17, 15) is 28.8 Å². The quantitative estimate of drug-likeness (QED) is 0.150. The van der Waals surface area contributed by atoms with Gasteiger partial charge in [-0.15, -0.1) is 0 Å². The predicted molar refractivity (Wildman–Crippen MR) is 216 cm³/mol. The van der Waals surface area contributed by atoms with E-state index >= 15 is 0 Å². The Kier molecular flexibility index (Phi) is 17.3. The van der Waals surface area contributed by atoms with Crippen molar-refractivity contribution in [3.05, 3.63) is 36.0 Å². The smallest absolute Gasteiger partial charge is 0.245 e. The summed E-state index contributed by atoms with van der Waals surface area (Å²) >= 11 is 0. The molecular formula is C41H66N8O7. The van der Waals surface area contributed by atoms with Crippen molar-refractivity contribution in [3.8, 4) is 0 Å². The molecule has 1 aliphatic rings. The van der Waals surface area contributed by atoms with Gasteiger partial charge in [0, 0.05) is 23.5 Å². The van der Waals surface area contributed by atoms with E-state index in [2.05, 4.69) is 36.9 Å². The minimum absolute atomic E-state index is 0.0245. The van der Waals surface area contributed by atoms with Crippen LogP contribution in [-0.2, 0) is 39.9 Å². The summed E-state index contributed by atoms with van der Waals surface area (Å²) in [5, 5.41) is 17.9. The van der Waals surface area contributed by atoms with E-state index in [0.29, 0.717) is 12.8 Å². The average Bonchev–Trinajstić information content (AvgIpc) is 3.53. The van der Waals surface area contributed by atoms with E-state index in [1.807, 2.05) is 58.9 Å². The molecule has 1 aromatic carbocycles. The van der Waals surface area contributed by atoms with Crippen LogP contribution in [0.4, 0.5) is 0 Å². The highest BCUT2D eigenvalue weighted by Crippen LogP contribution is 2.20. The Bertz CT molecular complexity index is 1650. The molecule has 2 aromatic rings. The Balaban J connectivity index is 2.16. The Morgan fingerprint density at radius 2 is 1.18 bits per heavy atom. The Labute approximate surface area is 331 Å². The first-order valence-corrected chi connectivity index (χ1v) is 20.0. The lowest BCUT2D eigenvalue weighted by Gasteiger charge is -2.31. The lowest BCUT2D eigenvalue weighted by Crippen LogP contribution is -2.63. The summed E-state index contributed by atoms with van der Waals surface area (Å²) in [5.41, 5.74) is 6.75. The second-order valence-electron chi connectivity index (χ2n) is 16.9. The fraction of sp³-hybridized carbons (Fsp3) is 0.659. The number of fused-ring (bicyclic) bond motifs is 1. The number of H-pyrrole nitrogens is 1. The molecule has 0 spiro atoms. The number of carbonyl (C=O) groups is 6. The van der Waals surface area contributed by atoms with Gasteiger partial charge >= 0.3 is 0 Å². The van der Waals surface area contributed by atoms with E-state index < -0.39 is 77.3 Å². The number of amides is 6. The molecule has 0 bridgehead atoms. The zero-order chi connectivity index (χ0) is 41.7. The Morgan fingerprint density at radius 1 is 0.679 bits per heavy atom. The molecule has 0 radical (unpaired) electrons. The minimum atomic E-state index is -1.26. The van der Waals surface area contributed by atoms with Gasteiger partial charge < -0.3 is 47.4 Å². The molecular weight excluding hydrogens is 716 g/mol. The molecule has 15 heteroatoms. The molecule has 1 fully saturated rings. The van der Waals surface area contributed by atoms with Gasteiger partial charge in [-0.25, -0.2) is 0 Å². The molecule has 3 rings (SSSR count). The number of hydrogen-bond acceptors (Lipinski definition) is 8. The number of benzene rings is 1. The third-order valence-electron chi connectivity index (χ3n) is 9.85. The van der Waals surface area contributed by atoms with E-state index in [-0.39, 0.29) is 56.6 Å². The predicted octanol–water partition coefficient (Wildman–Crippen LogP) is 2.33. The van der Waals surface area contributed by atoms with Gasteiger partial charge in [-0.05, 0) is 82.4 Å². The monoisotopic (exact) mass is 783 g/mol. The molecule has 1 saturated heterocycles. The van der Waals surface area contributed by atoms with Crippen LogP contribution in [0.15, 0.2) is 30.5 Å². The number of para-hydroxylation sites is 1. The maximum Gasteiger partial charge on any atom is 0.245 e. The summed E-state index contributed by atoms with van der Waals surface area (Å²) < 4.78 is 5.96. The van der Waals surface area contributed by atoms with Crippen molar-refractivity contribution >= 4 is 46.3 Å². The first-order chi connectivity index (χ1) is 26.3. The molecule has 0 unspecified atom stereocenters. The third kappa shape index (κ3) is 13.9. The largest absolute Gasteiger partial charge is 0.373 e. The summed E-state index contributed by atoms with van der Waals surface area (Å²) in [7, 11) is 0. The normalized spacial score (nSPS) is 24.4. The number of carbonyl (C=O) groups excluding carboxylic acids is 6. The zero-order valence-electron chi connectivity index (χ0n) is 34.7. The van der Waals surface area contributed by atoms with Gasteiger partial charge in [-0.2, -0.15) is 0 Å². The van der Waals surface area contributed by atoms with E-state index in [0.717, 1.165) is 16.5 Å². The van der Waals surface area contributed by atoms with Crippen molar-refractivity contribution in [3.63, 3.8) is 0 Å². The number of hydrogen-bond donors (Lipinski definition) is 8. The number of ether oxygens (including phenoxy) is 1. The maximum atomic E-state index is 14.3. The highest BCUT2D eigenvalue weighted by atomic mass is 16.5. The lowest BCUT2D eigenvalue weighted by atomic mass is 9.96. The summed E-state index contributed by atoms with van der Waals surface area (Å²) in [6.07, 6.45) is 3.34. The molecule has 1 aromatic heterocycles. The van der Waals surface area contributed by atoms with E-state index in [4.69, 9.17) is 10.5 Å². The van der Waals surface area contributed by atoms with Crippen LogP contribution in [0.5, 0.6) is 0 Å². The van der Waals surface area contributed by atoms with Gasteiger partial charge in [0.05, 0.1) is 12.2 Å². The summed E-state index contributed by atoms with van der Waals surface area (Å²) in [6.45, 7) is 16.7. The molecule has 1 aliphatic heterocycles. The van der Waals surface area contributed by atoms with Crippen LogP contribution in [0.2, 0.25) is 0 Å². The minimum Gasteiger partial charge on any atom is -0.373 e. The maximum absolute atomic E-state index is 14.3. The Hall–Kier alpha value is -4.50. The fourth-order valence-corrected chi connectivity index (χ4v) is 6.55. The van der Waals surface area contributed by atoms with Crippen LogP contribution in [0.1, 0.15) is 100.0 Å². The molecule has 9 N–H and O–H groups in total. The van der Waals surface area contributed by atoms with Crippen LogP contribution in [-0.4, -0.2) is 95.4 Å². The molecule has 0 aliphatic carbocycles. The number of rotatable bonds is 13. The topological polar surface area (TPSA) is 226 Å². The molecule has 0 saturated carbocycles. The van der Waals surface area contributed by atoms with Gasteiger partial charge in [-0.3, -0.25) is 28.8 Å². The van der Waals surface area contributed by atoms with Crippen molar-refractivity contribution < 1.29 is 33.5 Å². The lowest BCUT2D eigenvalue weighted by molar-refractivity contribution is -0.138. The fourth-order valence-electron chi connectivity index (χ4n) is 6.55. The van der Waals surface area contributed by atoms with Crippen LogP contribution in [0.25, 0.3) is 10.9 Å². The van der Waals surface area contributed by atoms with Gasteiger partial charge in [0.15, 0.2) is 0 Å². The molecule has 6 amide bonds. The van der Waals surface area contributed by atoms with Crippen molar-refractivity contribution in [1.29, 1.82) is 0 Å². The highest BCUT2D eigenvalue weighted by Gasteiger charge is 2.37. The first-order valence-electron chi connectivity index (χ1n) is 20.0. The number of nitrogens with two attached hydrogens (primary N) is 1. The number of aromatic amines is 1. The molecule has 56 heavy (non-hydrogen) atoms. The van der Waals surface area contributed by atoms with Gasteiger partial charge in [0.2, 0.25) is 35.4 Å². The first kappa shape index (κ1) is 45.9. The van der Waals surface area contributed by atoms with Crippen molar-refractivity contribution in [1.82, 2.24) is 36.9 Å². The molecule has 15 nitrogen and oxygen atoms in total. The van der Waals surface area contributed by atoms with Crippen LogP contribution >= 0.6 is 0 Å². The SMILES string of the molecule is CC[C@@H](C)[C@@H]1NC(=O)[C@@H](CC(C)C)NC(=O)[C@H](CC(C)C)NC(=O)[C@H](Cc2c[nH]c3ccccc23)NC(=O)[C@@H](CCCN)NC(=O)[C@H](COC(C)(C)C)NC1=O.